The van der Waals surface area contributed by atoms with Gasteiger partial charge in [-0.05, 0) is 83.2 Å². The lowest BCUT2D eigenvalue weighted by atomic mass is 9.55. The number of nitrogens with zero attached hydrogens (tertiary/aromatic N) is 2. The van der Waals surface area contributed by atoms with Crippen LogP contribution in [0.3, 0.4) is 0 Å². The Morgan fingerprint density at radius 3 is 2.43 bits per heavy atom. The Labute approximate surface area is 353 Å². The molecular weight excluding hydrogens is 757 g/mol. The molecule has 3 aliphatic rings. The SMILES string of the molecule is C=CCOc1ccc2c(c1)[C@H]1[C@H](CCCCO)[C@@H](CCCCO)C=C3C(=NOCc4ccccc4)C[C@H](N(Cc4cccc5ccccc45)C(=O)OC)[C@@](OCC=C)(O2)[C@H]31. The first kappa shape index (κ1) is 42.7. The number of benzene rings is 4. The van der Waals surface area contributed by atoms with Crippen LogP contribution < -0.4 is 9.47 Å². The Morgan fingerprint density at radius 2 is 1.67 bits per heavy atom. The number of aliphatic hydroxyl groups excluding tert-OH is 2. The summed E-state index contributed by atoms with van der Waals surface area (Å²) in [5.41, 5.74) is 4.58. The molecule has 0 aromatic heterocycles. The minimum absolute atomic E-state index is 0.0721. The van der Waals surface area contributed by atoms with Gasteiger partial charge in [0.2, 0.25) is 5.79 Å². The molecule has 0 unspecified atom stereocenters. The molecule has 4 aromatic rings. The number of hydrogen-bond acceptors (Lipinski definition) is 9. The van der Waals surface area contributed by atoms with E-state index >= 15 is 0 Å². The van der Waals surface area contributed by atoms with Crippen molar-refractivity contribution < 1.29 is 38.8 Å². The first-order valence-electron chi connectivity index (χ1n) is 21.3. The number of hydrogen-bond donors (Lipinski definition) is 2. The van der Waals surface area contributed by atoms with Crippen LogP contribution in [0.1, 0.15) is 67.6 Å². The van der Waals surface area contributed by atoms with Crippen LogP contribution in [0.5, 0.6) is 11.5 Å². The zero-order valence-corrected chi connectivity index (χ0v) is 34.6. The van der Waals surface area contributed by atoms with E-state index in [1.54, 1.807) is 17.1 Å². The van der Waals surface area contributed by atoms with E-state index in [2.05, 4.69) is 43.5 Å². The lowest BCUT2D eigenvalue weighted by molar-refractivity contribution is -0.256. The lowest BCUT2D eigenvalue weighted by Crippen LogP contribution is -2.70. The molecule has 7 rings (SSSR count). The molecule has 0 saturated heterocycles. The number of ether oxygens (including phenoxy) is 4. The summed E-state index contributed by atoms with van der Waals surface area (Å²) in [5.74, 6) is -0.580. The fourth-order valence-corrected chi connectivity index (χ4v) is 9.69. The van der Waals surface area contributed by atoms with Gasteiger partial charge in [0.05, 0.1) is 31.9 Å². The van der Waals surface area contributed by atoms with Crippen molar-refractivity contribution in [1.82, 2.24) is 4.90 Å². The number of fused-ring (bicyclic) bond motifs is 3. The fraction of sp³-hybridized carbons (Fsp3) is 0.400. The van der Waals surface area contributed by atoms with Crippen molar-refractivity contribution >= 4 is 22.6 Å². The molecule has 0 spiro atoms. The van der Waals surface area contributed by atoms with Crippen LogP contribution >= 0.6 is 0 Å². The van der Waals surface area contributed by atoms with Gasteiger partial charge in [-0.3, -0.25) is 4.90 Å². The van der Waals surface area contributed by atoms with E-state index in [9.17, 15) is 15.0 Å². The number of aliphatic hydroxyl groups is 2. The average molecular weight is 815 g/mol. The van der Waals surface area contributed by atoms with Crippen molar-refractivity contribution in [2.24, 2.45) is 22.9 Å². The van der Waals surface area contributed by atoms with Crippen LogP contribution in [-0.4, -0.2) is 72.3 Å². The van der Waals surface area contributed by atoms with E-state index in [1.807, 2.05) is 66.7 Å². The van der Waals surface area contributed by atoms with Crippen LogP contribution in [-0.2, 0) is 27.5 Å². The van der Waals surface area contributed by atoms with Gasteiger partial charge >= 0.3 is 6.09 Å². The summed E-state index contributed by atoms with van der Waals surface area (Å²) >= 11 is 0. The zero-order chi connectivity index (χ0) is 41.9. The predicted octanol–water partition coefficient (Wildman–Crippen LogP) is 9.51. The van der Waals surface area contributed by atoms with Gasteiger partial charge in [-0.2, -0.15) is 0 Å². The molecule has 4 aromatic carbocycles. The summed E-state index contributed by atoms with van der Waals surface area (Å²) < 4.78 is 26.2. The normalized spacial score (nSPS) is 23.4. The highest BCUT2D eigenvalue weighted by atomic mass is 16.7. The second-order valence-corrected chi connectivity index (χ2v) is 15.9. The van der Waals surface area contributed by atoms with Crippen LogP contribution in [0, 0.1) is 17.8 Å². The second kappa shape index (κ2) is 20.2. The highest BCUT2D eigenvalue weighted by molar-refractivity contribution is 6.03. The van der Waals surface area contributed by atoms with E-state index in [1.165, 1.54) is 7.11 Å². The van der Waals surface area contributed by atoms with E-state index < -0.39 is 23.8 Å². The van der Waals surface area contributed by atoms with Crippen molar-refractivity contribution in [2.75, 3.05) is 33.5 Å². The van der Waals surface area contributed by atoms with E-state index in [0.29, 0.717) is 36.7 Å². The van der Waals surface area contributed by atoms with Gasteiger partial charge in [0.15, 0.2) is 0 Å². The Bertz CT molecular complexity index is 2150. The molecule has 316 valence electrons. The summed E-state index contributed by atoms with van der Waals surface area (Å²) in [7, 11) is 1.40. The van der Waals surface area contributed by atoms with E-state index in [0.717, 1.165) is 58.7 Å². The number of unbranched alkanes of at least 4 members (excludes halogenated alkanes) is 2. The van der Waals surface area contributed by atoms with Crippen molar-refractivity contribution in [3.8, 4) is 11.5 Å². The third-order valence-corrected chi connectivity index (χ3v) is 12.3. The molecule has 60 heavy (non-hydrogen) atoms. The largest absolute Gasteiger partial charge is 0.490 e. The smallest absolute Gasteiger partial charge is 0.410 e. The molecule has 10 nitrogen and oxygen atoms in total. The Morgan fingerprint density at radius 1 is 0.917 bits per heavy atom. The third-order valence-electron chi connectivity index (χ3n) is 12.3. The zero-order valence-electron chi connectivity index (χ0n) is 34.6. The lowest BCUT2D eigenvalue weighted by Gasteiger charge is -2.59. The van der Waals surface area contributed by atoms with Crippen molar-refractivity contribution in [1.29, 1.82) is 0 Å². The summed E-state index contributed by atoms with van der Waals surface area (Å²) in [6, 6.07) is 29.4. The molecule has 1 amide bonds. The molecule has 10 heteroatoms. The van der Waals surface area contributed by atoms with Gasteiger partial charge in [0.25, 0.3) is 0 Å². The molecular formula is C50H58N2O8. The van der Waals surface area contributed by atoms with Gasteiger partial charge in [0, 0.05) is 31.1 Å². The molecule has 1 fully saturated rings. The molecule has 1 aliphatic heterocycles. The maximum absolute atomic E-state index is 14.4. The van der Waals surface area contributed by atoms with Gasteiger partial charge in [-0.15, -0.1) is 6.58 Å². The number of carbonyl (C=O) groups excluding carboxylic acids is 1. The van der Waals surface area contributed by atoms with E-state index in [-0.39, 0.29) is 57.1 Å². The minimum Gasteiger partial charge on any atom is -0.490 e. The standard InChI is InChI=1S/C50H58N2O8/c1-4-28-57-39-24-25-45-43(31-39)47-41(23-12-14-27-54)37(19-11-13-26-53)30-42-44(51-59-34-35-16-7-6-8-17-35)32-46(50(60-45,48(42)47)58-29-5-2)52(49(55)56-3)33-38-21-15-20-36-18-9-10-22-40(36)38/h4-10,15-18,20-22,24-25,30-31,37,41,46-48,53-54H,1-2,11-14,19,23,26-29,32-34H2,3H3/t37-,41+,46-,47+,48+,50+/m0/s1. The van der Waals surface area contributed by atoms with Gasteiger partial charge in [-0.25, -0.2) is 4.79 Å². The van der Waals surface area contributed by atoms with Crippen molar-refractivity contribution in [2.45, 2.75) is 75.8 Å². The second-order valence-electron chi connectivity index (χ2n) is 15.9. The highest BCUT2D eigenvalue weighted by Crippen LogP contribution is 2.62. The fourth-order valence-electron chi connectivity index (χ4n) is 9.69. The third kappa shape index (κ3) is 9.01. The molecule has 6 atom stereocenters. The molecule has 0 radical (unpaired) electrons. The maximum Gasteiger partial charge on any atom is 0.410 e. The highest BCUT2D eigenvalue weighted by Gasteiger charge is 2.65. The number of oxime groups is 1. The topological polar surface area (TPSA) is 119 Å². The molecule has 2 N–H and O–H groups in total. The number of amides is 1. The number of carbonyl (C=O) groups is 1. The van der Waals surface area contributed by atoms with Crippen molar-refractivity contribution in [3.05, 3.63) is 145 Å². The summed E-state index contributed by atoms with van der Waals surface area (Å²) in [6.45, 7) is 9.09. The monoisotopic (exact) mass is 814 g/mol. The van der Waals surface area contributed by atoms with Gasteiger partial charge in [0.1, 0.15) is 30.8 Å². The number of allylic oxidation sites excluding steroid dienone is 1. The van der Waals surface area contributed by atoms with Crippen molar-refractivity contribution in [3.63, 3.8) is 0 Å². The van der Waals surface area contributed by atoms with Crippen LogP contribution in [0.4, 0.5) is 4.79 Å². The van der Waals surface area contributed by atoms with E-state index in [4.69, 9.17) is 28.9 Å². The summed E-state index contributed by atoms with van der Waals surface area (Å²) in [4.78, 5) is 22.4. The van der Waals surface area contributed by atoms with Gasteiger partial charge in [-0.1, -0.05) is 116 Å². The number of methoxy groups -OCH3 is 1. The molecule has 1 saturated carbocycles. The Balaban J connectivity index is 1.46. The molecule has 0 bridgehead atoms. The van der Waals surface area contributed by atoms with Crippen LogP contribution in [0.2, 0.25) is 0 Å². The number of rotatable bonds is 20. The summed E-state index contributed by atoms with van der Waals surface area (Å²) in [5, 5.41) is 26.9. The van der Waals surface area contributed by atoms with Crippen LogP contribution in [0.25, 0.3) is 10.8 Å². The maximum atomic E-state index is 14.4. The quantitative estimate of drug-likeness (QED) is 0.0515. The average Bonchev–Trinajstić information content (AvgIpc) is 3.28. The first-order valence-corrected chi connectivity index (χ1v) is 21.3. The summed E-state index contributed by atoms with van der Waals surface area (Å²) in [6.07, 6.45) is 10.2. The van der Waals surface area contributed by atoms with Crippen LogP contribution in [0.15, 0.2) is 133 Å². The molecule has 1 heterocycles. The Kier molecular flexibility index (Phi) is 14.4. The van der Waals surface area contributed by atoms with Gasteiger partial charge < -0.3 is 34.0 Å². The first-order chi connectivity index (χ1) is 29.5. The predicted molar refractivity (Wildman–Crippen MR) is 234 cm³/mol. The Hall–Kier alpha value is -5.42. The molecule has 2 aliphatic carbocycles. The minimum atomic E-state index is -1.43.